The molecule has 9 heteroatoms. The number of hydrogen-bond donors (Lipinski definition) is 1. The molecule has 0 bridgehead atoms. The Kier molecular flexibility index (Phi) is 5.63. The normalized spacial score (nSPS) is 23.8. The van der Waals surface area contributed by atoms with Gasteiger partial charge >= 0.3 is 0 Å². The smallest absolute Gasteiger partial charge is 0.268 e. The number of pyridine rings is 1. The first-order valence-electron chi connectivity index (χ1n) is 9.83. The van der Waals surface area contributed by atoms with Crippen LogP contribution in [0.5, 0.6) is 0 Å². The molecule has 1 aliphatic heterocycles. The summed E-state index contributed by atoms with van der Waals surface area (Å²) in [5.41, 5.74) is 2.29. The maximum atomic E-state index is 13.6. The average Bonchev–Trinajstić information content (AvgIpc) is 3.48. The first-order chi connectivity index (χ1) is 14.8. The lowest BCUT2D eigenvalue weighted by atomic mass is 10.0. The zero-order valence-electron chi connectivity index (χ0n) is 16.4. The summed E-state index contributed by atoms with van der Waals surface area (Å²) in [5, 5.41) is 12.2. The van der Waals surface area contributed by atoms with Crippen LogP contribution in [0.15, 0.2) is 42.7 Å². The molecule has 1 saturated carbocycles. The number of amides is 2. The summed E-state index contributed by atoms with van der Waals surface area (Å²) in [5.74, 6) is -3.92. The highest BCUT2D eigenvalue weighted by Crippen LogP contribution is 2.55. The fourth-order valence-corrected chi connectivity index (χ4v) is 4.20. The van der Waals surface area contributed by atoms with Gasteiger partial charge in [0.1, 0.15) is 6.04 Å². The van der Waals surface area contributed by atoms with Gasteiger partial charge in [-0.15, -0.1) is 0 Å². The summed E-state index contributed by atoms with van der Waals surface area (Å²) in [4.78, 5) is 30.0. The van der Waals surface area contributed by atoms with Crippen LogP contribution in [0.25, 0.3) is 0 Å². The lowest BCUT2D eigenvalue weighted by Gasteiger charge is -2.19. The van der Waals surface area contributed by atoms with Crippen molar-refractivity contribution in [2.75, 3.05) is 13.1 Å². The van der Waals surface area contributed by atoms with Gasteiger partial charge in [0.15, 0.2) is 0 Å². The van der Waals surface area contributed by atoms with E-state index in [4.69, 9.17) is 16.9 Å². The van der Waals surface area contributed by atoms with E-state index in [1.54, 1.807) is 18.3 Å². The van der Waals surface area contributed by atoms with Crippen LogP contribution in [0.4, 0.5) is 8.78 Å². The number of nitrogens with zero attached hydrogens (tertiary/aromatic N) is 3. The number of alkyl halides is 2. The van der Waals surface area contributed by atoms with Crippen molar-refractivity contribution in [1.29, 1.82) is 5.26 Å². The molecule has 1 aliphatic carbocycles. The van der Waals surface area contributed by atoms with E-state index in [0.29, 0.717) is 10.6 Å². The van der Waals surface area contributed by atoms with E-state index in [9.17, 15) is 18.4 Å². The molecule has 3 atom stereocenters. The minimum atomic E-state index is -3.10. The van der Waals surface area contributed by atoms with E-state index in [2.05, 4.69) is 10.3 Å². The van der Waals surface area contributed by atoms with Gasteiger partial charge in [-0.3, -0.25) is 14.6 Å². The monoisotopic (exact) mass is 444 g/mol. The molecule has 31 heavy (non-hydrogen) atoms. The fraction of sp³-hybridized carbons (Fsp3) is 0.364. The van der Waals surface area contributed by atoms with Crippen LogP contribution < -0.4 is 5.32 Å². The number of benzene rings is 1. The highest BCUT2D eigenvalue weighted by atomic mass is 35.5. The minimum absolute atomic E-state index is 0.117. The SMILES string of the molecule is N#C[C@@H]1CC(F)(F)CN1C(=O)CNC(=O)c1ccncc1C1CC1c1ccc(Cl)cc1. The number of nitrogens with one attached hydrogen (secondary N) is 1. The molecule has 2 unspecified atom stereocenters. The second-order valence-electron chi connectivity index (χ2n) is 7.87. The van der Waals surface area contributed by atoms with Crippen molar-refractivity contribution >= 4 is 23.4 Å². The van der Waals surface area contributed by atoms with Crippen LogP contribution in [0, 0.1) is 11.3 Å². The molecule has 0 radical (unpaired) electrons. The molecule has 2 heterocycles. The van der Waals surface area contributed by atoms with E-state index in [0.717, 1.165) is 22.4 Å². The Morgan fingerprint density at radius 1 is 1.26 bits per heavy atom. The van der Waals surface area contributed by atoms with Crippen LogP contribution in [-0.4, -0.2) is 46.8 Å². The van der Waals surface area contributed by atoms with Crippen molar-refractivity contribution in [3.8, 4) is 6.07 Å². The first-order valence-corrected chi connectivity index (χ1v) is 10.2. The fourth-order valence-electron chi connectivity index (χ4n) is 4.07. The zero-order valence-corrected chi connectivity index (χ0v) is 17.1. The van der Waals surface area contributed by atoms with Gasteiger partial charge in [-0.25, -0.2) is 8.78 Å². The first kappa shape index (κ1) is 21.2. The van der Waals surface area contributed by atoms with Gasteiger partial charge in [0, 0.05) is 29.4 Å². The molecule has 1 saturated heterocycles. The van der Waals surface area contributed by atoms with Crippen molar-refractivity contribution in [3.05, 3.63) is 64.4 Å². The Morgan fingerprint density at radius 3 is 2.71 bits per heavy atom. The summed E-state index contributed by atoms with van der Waals surface area (Å²) < 4.78 is 27.1. The van der Waals surface area contributed by atoms with Gasteiger partial charge < -0.3 is 10.2 Å². The molecule has 2 aliphatic rings. The molecule has 160 valence electrons. The van der Waals surface area contributed by atoms with E-state index in [1.165, 1.54) is 6.20 Å². The third-order valence-corrected chi connectivity index (χ3v) is 5.98. The number of aromatic nitrogens is 1. The third-order valence-electron chi connectivity index (χ3n) is 5.72. The number of nitriles is 1. The molecule has 2 aromatic rings. The third kappa shape index (κ3) is 4.52. The van der Waals surface area contributed by atoms with Crippen molar-refractivity contribution in [2.45, 2.75) is 36.6 Å². The van der Waals surface area contributed by atoms with E-state index >= 15 is 0 Å². The summed E-state index contributed by atoms with van der Waals surface area (Å²) in [6.45, 7) is -1.27. The Balaban J connectivity index is 1.42. The van der Waals surface area contributed by atoms with Gasteiger partial charge in [0.05, 0.1) is 19.2 Å². The zero-order chi connectivity index (χ0) is 22.2. The number of hydrogen-bond acceptors (Lipinski definition) is 4. The van der Waals surface area contributed by atoms with Gasteiger partial charge in [0.2, 0.25) is 5.91 Å². The molecule has 1 N–H and O–H groups in total. The van der Waals surface area contributed by atoms with Gasteiger partial charge in [-0.2, -0.15) is 5.26 Å². The Labute approximate surface area is 182 Å². The highest BCUT2D eigenvalue weighted by Gasteiger charge is 2.47. The molecular weight excluding hydrogens is 426 g/mol. The van der Waals surface area contributed by atoms with E-state index in [1.807, 2.05) is 24.3 Å². The second-order valence-corrected chi connectivity index (χ2v) is 8.31. The molecule has 1 aromatic carbocycles. The lowest BCUT2D eigenvalue weighted by Crippen LogP contribution is -2.43. The molecule has 2 fully saturated rings. The molecule has 2 amide bonds. The number of carbonyl (C=O) groups excluding carboxylic acids is 2. The molecular formula is C22H19ClF2N4O2. The maximum absolute atomic E-state index is 13.6. The Bertz CT molecular complexity index is 1050. The van der Waals surface area contributed by atoms with Crippen LogP contribution in [0.1, 0.15) is 46.2 Å². The number of likely N-dealkylation sites (tertiary alicyclic amines) is 1. The van der Waals surface area contributed by atoms with Crippen molar-refractivity contribution < 1.29 is 18.4 Å². The van der Waals surface area contributed by atoms with E-state index < -0.39 is 43.3 Å². The number of rotatable bonds is 5. The molecule has 1 aromatic heterocycles. The molecule has 6 nitrogen and oxygen atoms in total. The summed E-state index contributed by atoms with van der Waals surface area (Å²) in [6.07, 6.45) is 3.31. The largest absolute Gasteiger partial charge is 0.343 e. The average molecular weight is 445 g/mol. The quantitative estimate of drug-likeness (QED) is 0.764. The van der Waals surface area contributed by atoms with Gasteiger partial charge in [0.25, 0.3) is 11.8 Å². The van der Waals surface area contributed by atoms with Crippen molar-refractivity contribution in [2.24, 2.45) is 0 Å². The Morgan fingerprint density at radius 2 is 2.00 bits per heavy atom. The Hall–Kier alpha value is -3.05. The van der Waals surface area contributed by atoms with Crippen LogP contribution in [-0.2, 0) is 4.79 Å². The number of carbonyl (C=O) groups is 2. The summed E-state index contributed by atoms with van der Waals surface area (Å²) in [6, 6.07) is 9.67. The van der Waals surface area contributed by atoms with Crippen molar-refractivity contribution in [1.82, 2.24) is 15.2 Å². The topological polar surface area (TPSA) is 86.1 Å². The summed E-state index contributed by atoms with van der Waals surface area (Å²) >= 11 is 5.94. The van der Waals surface area contributed by atoms with Gasteiger partial charge in [-0.1, -0.05) is 23.7 Å². The predicted octanol–water partition coefficient (Wildman–Crippen LogP) is 3.50. The maximum Gasteiger partial charge on any atom is 0.268 e. The van der Waals surface area contributed by atoms with Crippen molar-refractivity contribution in [3.63, 3.8) is 0 Å². The van der Waals surface area contributed by atoms with E-state index in [-0.39, 0.29) is 11.8 Å². The number of halogens is 3. The van der Waals surface area contributed by atoms with Crippen LogP contribution in [0.2, 0.25) is 5.02 Å². The molecule has 4 rings (SSSR count). The standard InChI is InChI=1S/C22H19ClF2N4O2/c23-14-3-1-13(2-4-14)17-7-18(17)19-10-27-6-5-16(19)21(31)28-11-20(30)29-12-22(24,25)8-15(29)9-26/h1-6,10,15,17-18H,7-8,11-12H2,(H,28,31)/t15-,17?,18?/m0/s1. The minimum Gasteiger partial charge on any atom is -0.343 e. The summed E-state index contributed by atoms with van der Waals surface area (Å²) in [7, 11) is 0. The van der Waals surface area contributed by atoms with Crippen LogP contribution in [0.3, 0.4) is 0 Å². The predicted molar refractivity (Wildman–Crippen MR) is 109 cm³/mol. The second kappa shape index (κ2) is 8.23. The molecule has 0 spiro atoms. The lowest BCUT2D eigenvalue weighted by molar-refractivity contribution is -0.131. The highest BCUT2D eigenvalue weighted by molar-refractivity contribution is 6.30. The van der Waals surface area contributed by atoms with Gasteiger partial charge in [-0.05, 0) is 47.6 Å². The van der Waals surface area contributed by atoms with Crippen LogP contribution >= 0.6 is 11.6 Å².